The number of rotatable bonds is 2. The smallest absolute Gasteiger partial charge is 0.319 e. The summed E-state index contributed by atoms with van der Waals surface area (Å²) in [6.07, 6.45) is 3.68. The maximum Gasteiger partial charge on any atom is 0.319 e. The lowest BCUT2D eigenvalue weighted by atomic mass is 9.85. The van der Waals surface area contributed by atoms with Gasteiger partial charge in [-0.05, 0) is 19.8 Å². The summed E-state index contributed by atoms with van der Waals surface area (Å²) < 4.78 is 10.5. The molecule has 2 rings (SSSR count). The minimum absolute atomic E-state index is 0.0729. The first-order chi connectivity index (χ1) is 7.19. The standard InChI is InChI=1S/C11H16O4/c1-2-14-10(13)9-8(12)7-15-11(9)5-3-4-6-11/h9H,2-7H2,1H3. The second-order valence-corrected chi connectivity index (χ2v) is 4.21. The van der Waals surface area contributed by atoms with Crippen molar-refractivity contribution in [2.75, 3.05) is 13.2 Å². The number of Topliss-reactive ketones (excluding diaryl/α,β-unsaturated/α-hetero) is 1. The Morgan fingerprint density at radius 1 is 1.53 bits per heavy atom. The summed E-state index contributed by atoms with van der Waals surface area (Å²) in [5.41, 5.74) is -0.524. The Kier molecular flexibility index (Phi) is 2.78. The Bertz CT molecular complexity index is 278. The lowest BCUT2D eigenvalue weighted by Crippen LogP contribution is -2.40. The van der Waals surface area contributed by atoms with E-state index in [2.05, 4.69) is 0 Å². The highest BCUT2D eigenvalue weighted by Crippen LogP contribution is 2.44. The van der Waals surface area contributed by atoms with Crippen molar-refractivity contribution in [3.05, 3.63) is 0 Å². The zero-order valence-corrected chi connectivity index (χ0v) is 8.95. The normalized spacial score (nSPS) is 28.6. The molecule has 15 heavy (non-hydrogen) atoms. The zero-order valence-electron chi connectivity index (χ0n) is 8.95. The molecule has 0 aromatic heterocycles. The predicted octanol–water partition coefficient (Wildman–Crippen LogP) is 1.08. The Morgan fingerprint density at radius 2 is 2.20 bits per heavy atom. The molecule has 2 aliphatic rings. The van der Waals surface area contributed by atoms with E-state index in [1.807, 2.05) is 0 Å². The molecule has 4 nitrogen and oxygen atoms in total. The molecule has 1 unspecified atom stereocenters. The number of carbonyl (C=O) groups excluding carboxylic acids is 2. The molecular formula is C11H16O4. The van der Waals surface area contributed by atoms with Gasteiger partial charge in [0.05, 0.1) is 12.2 Å². The highest BCUT2D eigenvalue weighted by Gasteiger charge is 2.55. The first kappa shape index (κ1) is 10.6. The van der Waals surface area contributed by atoms with Crippen LogP contribution in [0.4, 0.5) is 0 Å². The van der Waals surface area contributed by atoms with Gasteiger partial charge in [0.25, 0.3) is 0 Å². The van der Waals surface area contributed by atoms with E-state index in [-0.39, 0.29) is 12.4 Å². The highest BCUT2D eigenvalue weighted by molar-refractivity contribution is 6.02. The van der Waals surface area contributed by atoms with Crippen LogP contribution in [0.1, 0.15) is 32.6 Å². The third kappa shape index (κ3) is 1.67. The summed E-state index contributed by atoms with van der Waals surface area (Å²) in [4.78, 5) is 23.3. The zero-order chi connectivity index (χ0) is 10.9. The van der Waals surface area contributed by atoms with Gasteiger partial charge in [0, 0.05) is 0 Å². The van der Waals surface area contributed by atoms with E-state index >= 15 is 0 Å². The number of esters is 1. The van der Waals surface area contributed by atoms with Crippen molar-refractivity contribution >= 4 is 11.8 Å². The van der Waals surface area contributed by atoms with Crippen molar-refractivity contribution < 1.29 is 19.1 Å². The second-order valence-electron chi connectivity index (χ2n) is 4.21. The Hall–Kier alpha value is -0.900. The van der Waals surface area contributed by atoms with Gasteiger partial charge in [-0.2, -0.15) is 0 Å². The number of ether oxygens (including phenoxy) is 2. The number of hydrogen-bond donors (Lipinski definition) is 0. The molecule has 1 saturated heterocycles. The Labute approximate surface area is 88.9 Å². The molecule has 0 amide bonds. The van der Waals surface area contributed by atoms with Crippen LogP contribution in [-0.2, 0) is 19.1 Å². The van der Waals surface area contributed by atoms with Gasteiger partial charge in [-0.1, -0.05) is 12.8 Å². The summed E-state index contributed by atoms with van der Waals surface area (Å²) in [5, 5.41) is 0. The van der Waals surface area contributed by atoms with E-state index in [9.17, 15) is 9.59 Å². The van der Waals surface area contributed by atoms with Gasteiger partial charge in [-0.3, -0.25) is 9.59 Å². The van der Waals surface area contributed by atoms with Crippen LogP contribution in [-0.4, -0.2) is 30.6 Å². The molecule has 0 N–H and O–H groups in total. The van der Waals surface area contributed by atoms with Crippen LogP contribution >= 0.6 is 0 Å². The van der Waals surface area contributed by atoms with E-state index in [4.69, 9.17) is 9.47 Å². The maximum atomic E-state index is 11.7. The van der Waals surface area contributed by atoms with Gasteiger partial charge in [-0.15, -0.1) is 0 Å². The van der Waals surface area contributed by atoms with Crippen LogP contribution in [0.2, 0.25) is 0 Å². The molecule has 4 heteroatoms. The number of ketones is 1. The average molecular weight is 212 g/mol. The monoisotopic (exact) mass is 212 g/mol. The minimum Gasteiger partial charge on any atom is -0.465 e. The van der Waals surface area contributed by atoms with Gasteiger partial charge in [-0.25, -0.2) is 0 Å². The second kappa shape index (κ2) is 3.93. The first-order valence-electron chi connectivity index (χ1n) is 5.53. The largest absolute Gasteiger partial charge is 0.465 e. The summed E-state index contributed by atoms with van der Waals surface area (Å²) in [5.74, 6) is -1.18. The number of carbonyl (C=O) groups is 2. The van der Waals surface area contributed by atoms with Crippen molar-refractivity contribution in [3.8, 4) is 0 Å². The third-order valence-electron chi connectivity index (χ3n) is 3.32. The van der Waals surface area contributed by atoms with Crippen LogP contribution in [0.25, 0.3) is 0 Å². The molecule has 0 bridgehead atoms. The molecule has 1 saturated carbocycles. The quantitative estimate of drug-likeness (QED) is 0.507. The van der Waals surface area contributed by atoms with Crippen LogP contribution in [0.5, 0.6) is 0 Å². The van der Waals surface area contributed by atoms with Crippen molar-refractivity contribution in [2.45, 2.75) is 38.2 Å². The summed E-state index contributed by atoms with van der Waals surface area (Å²) >= 11 is 0. The molecule has 2 fully saturated rings. The molecule has 0 aromatic carbocycles. The van der Waals surface area contributed by atoms with E-state index in [0.29, 0.717) is 6.61 Å². The fourth-order valence-corrected chi connectivity index (χ4v) is 2.65. The summed E-state index contributed by atoms with van der Waals surface area (Å²) in [6, 6.07) is 0. The van der Waals surface area contributed by atoms with Crippen LogP contribution in [0.15, 0.2) is 0 Å². The van der Waals surface area contributed by atoms with E-state index < -0.39 is 17.5 Å². The Morgan fingerprint density at radius 3 is 2.80 bits per heavy atom. The van der Waals surface area contributed by atoms with E-state index in [0.717, 1.165) is 25.7 Å². The third-order valence-corrected chi connectivity index (χ3v) is 3.32. The number of hydrogen-bond acceptors (Lipinski definition) is 4. The van der Waals surface area contributed by atoms with Gasteiger partial charge in [0.2, 0.25) is 0 Å². The van der Waals surface area contributed by atoms with Crippen LogP contribution in [0, 0.1) is 5.92 Å². The average Bonchev–Trinajstić information content (AvgIpc) is 2.77. The molecule has 0 aromatic rings. The van der Waals surface area contributed by atoms with Crippen molar-refractivity contribution in [1.82, 2.24) is 0 Å². The summed E-state index contributed by atoms with van der Waals surface area (Å²) in [6.45, 7) is 2.14. The van der Waals surface area contributed by atoms with Gasteiger partial charge in [0.15, 0.2) is 5.78 Å². The van der Waals surface area contributed by atoms with E-state index in [1.165, 1.54) is 0 Å². The molecule has 1 atom stereocenters. The fraction of sp³-hybridized carbons (Fsp3) is 0.818. The molecule has 1 aliphatic carbocycles. The SMILES string of the molecule is CCOC(=O)C1C(=O)COC12CCCC2. The topological polar surface area (TPSA) is 52.6 Å². The van der Waals surface area contributed by atoms with Gasteiger partial charge in [0.1, 0.15) is 12.5 Å². The van der Waals surface area contributed by atoms with Gasteiger partial charge >= 0.3 is 5.97 Å². The first-order valence-corrected chi connectivity index (χ1v) is 5.53. The molecule has 0 radical (unpaired) electrons. The molecular weight excluding hydrogens is 196 g/mol. The molecule has 1 heterocycles. The van der Waals surface area contributed by atoms with Crippen LogP contribution in [0.3, 0.4) is 0 Å². The maximum absolute atomic E-state index is 11.7. The fourth-order valence-electron chi connectivity index (χ4n) is 2.65. The van der Waals surface area contributed by atoms with Crippen molar-refractivity contribution in [2.24, 2.45) is 5.92 Å². The predicted molar refractivity (Wildman–Crippen MR) is 52.3 cm³/mol. The molecule has 84 valence electrons. The minimum atomic E-state index is -0.667. The molecule has 1 aliphatic heterocycles. The van der Waals surface area contributed by atoms with Crippen LogP contribution < -0.4 is 0 Å². The van der Waals surface area contributed by atoms with Crippen molar-refractivity contribution in [3.63, 3.8) is 0 Å². The summed E-state index contributed by atoms with van der Waals surface area (Å²) in [7, 11) is 0. The van der Waals surface area contributed by atoms with E-state index in [1.54, 1.807) is 6.92 Å². The van der Waals surface area contributed by atoms with Crippen molar-refractivity contribution in [1.29, 1.82) is 0 Å². The lowest BCUT2D eigenvalue weighted by Gasteiger charge is -2.26. The molecule has 1 spiro atoms. The van der Waals surface area contributed by atoms with Gasteiger partial charge < -0.3 is 9.47 Å². The highest BCUT2D eigenvalue weighted by atomic mass is 16.5. The lowest BCUT2D eigenvalue weighted by molar-refractivity contribution is -0.155. The Balaban J connectivity index is 2.18.